The van der Waals surface area contributed by atoms with E-state index < -0.39 is 16.1 Å². The molecule has 1 aliphatic heterocycles. The average Bonchev–Trinajstić information content (AvgIpc) is 3.00. The van der Waals surface area contributed by atoms with Crippen molar-refractivity contribution in [1.29, 1.82) is 0 Å². The predicted octanol–water partition coefficient (Wildman–Crippen LogP) is 2.87. The lowest BCUT2D eigenvalue weighted by Gasteiger charge is -2.26. The summed E-state index contributed by atoms with van der Waals surface area (Å²) < 4.78 is 28.8. The van der Waals surface area contributed by atoms with Crippen LogP contribution in [0.2, 0.25) is 0 Å². The lowest BCUT2D eigenvalue weighted by Crippen LogP contribution is -2.35. The first-order valence-electron chi connectivity index (χ1n) is 9.23. The maximum atomic E-state index is 12.8. The number of piperidine rings is 1. The van der Waals surface area contributed by atoms with Gasteiger partial charge in [-0.1, -0.05) is 12.5 Å². The maximum absolute atomic E-state index is 12.8. The molecule has 0 aliphatic carbocycles. The number of rotatable bonds is 5. The number of amides is 1. The molecule has 1 aromatic carbocycles. The molecule has 0 unspecified atom stereocenters. The van der Waals surface area contributed by atoms with Crippen LogP contribution in [-0.2, 0) is 14.8 Å². The molecule has 1 fully saturated rings. The second-order valence-corrected chi connectivity index (χ2v) is 8.97. The van der Waals surface area contributed by atoms with Crippen molar-refractivity contribution in [2.75, 3.05) is 18.4 Å². The highest BCUT2D eigenvalue weighted by molar-refractivity contribution is 7.89. The number of hydrogen-bond acceptors (Lipinski definition) is 4. The first-order chi connectivity index (χ1) is 12.8. The van der Waals surface area contributed by atoms with Crippen LogP contribution in [0.1, 0.15) is 43.6 Å². The summed E-state index contributed by atoms with van der Waals surface area (Å²) in [6.45, 7) is 6.64. The van der Waals surface area contributed by atoms with E-state index in [1.54, 1.807) is 29.8 Å². The topological polar surface area (TPSA) is 84.3 Å². The van der Waals surface area contributed by atoms with E-state index >= 15 is 0 Å². The largest absolute Gasteiger partial charge is 0.324 e. The normalized spacial score (nSPS) is 16.9. The van der Waals surface area contributed by atoms with Gasteiger partial charge in [0.25, 0.3) is 0 Å². The Morgan fingerprint density at radius 1 is 1.15 bits per heavy atom. The molecule has 1 saturated heterocycles. The molecular formula is C19H26N4O3S. The Hall–Kier alpha value is -2.19. The fraction of sp³-hybridized carbons (Fsp3) is 0.474. The molecule has 1 amide bonds. The molecule has 3 rings (SSSR count). The van der Waals surface area contributed by atoms with Gasteiger partial charge in [0, 0.05) is 24.5 Å². The molecule has 2 aromatic rings. The van der Waals surface area contributed by atoms with E-state index in [4.69, 9.17) is 0 Å². The SMILES string of the molecule is Cc1cc(C)n([C@H](C)C(=O)Nc2cccc(S(=O)(=O)N3CCCCC3)c2)n1. The molecule has 0 bridgehead atoms. The number of carbonyl (C=O) groups is 1. The number of carbonyl (C=O) groups excluding carboxylic acids is 1. The summed E-state index contributed by atoms with van der Waals surface area (Å²) in [7, 11) is -3.53. The number of nitrogens with one attached hydrogen (secondary N) is 1. The van der Waals surface area contributed by atoms with Crippen LogP contribution in [0.25, 0.3) is 0 Å². The summed E-state index contributed by atoms with van der Waals surface area (Å²) in [6, 6.07) is 7.86. The third kappa shape index (κ3) is 4.22. The molecule has 1 N–H and O–H groups in total. The second-order valence-electron chi connectivity index (χ2n) is 7.03. The van der Waals surface area contributed by atoms with Gasteiger partial charge in [0.2, 0.25) is 15.9 Å². The van der Waals surface area contributed by atoms with Crippen molar-refractivity contribution in [2.45, 2.75) is 51.0 Å². The smallest absolute Gasteiger partial charge is 0.248 e. The molecule has 7 nitrogen and oxygen atoms in total. The van der Waals surface area contributed by atoms with E-state index in [-0.39, 0.29) is 10.8 Å². The van der Waals surface area contributed by atoms with Crippen LogP contribution in [0.4, 0.5) is 5.69 Å². The van der Waals surface area contributed by atoms with E-state index in [1.807, 2.05) is 19.9 Å². The highest BCUT2D eigenvalue weighted by atomic mass is 32.2. The highest BCUT2D eigenvalue weighted by Crippen LogP contribution is 2.23. The van der Waals surface area contributed by atoms with Crippen LogP contribution in [0.15, 0.2) is 35.2 Å². The number of aromatic nitrogens is 2. The van der Waals surface area contributed by atoms with E-state index in [0.29, 0.717) is 18.8 Å². The first kappa shape index (κ1) is 19.6. The Balaban J connectivity index is 1.77. The van der Waals surface area contributed by atoms with Gasteiger partial charge in [-0.3, -0.25) is 9.48 Å². The van der Waals surface area contributed by atoms with Crippen LogP contribution < -0.4 is 5.32 Å². The van der Waals surface area contributed by atoms with E-state index in [0.717, 1.165) is 30.7 Å². The number of hydrogen-bond donors (Lipinski definition) is 1. The number of aryl methyl sites for hydroxylation is 2. The van der Waals surface area contributed by atoms with Crippen molar-refractivity contribution in [3.63, 3.8) is 0 Å². The second kappa shape index (κ2) is 7.82. The molecule has 1 aromatic heterocycles. The van der Waals surface area contributed by atoms with Crippen LogP contribution in [0.3, 0.4) is 0 Å². The van der Waals surface area contributed by atoms with Crippen molar-refractivity contribution in [2.24, 2.45) is 0 Å². The van der Waals surface area contributed by atoms with Gasteiger partial charge in [-0.25, -0.2) is 8.42 Å². The van der Waals surface area contributed by atoms with E-state index in [9.17, 15) is 13.2 Å². The monoisotopic (exact) mass is 390 g/mol. The fourth-order valence-electron chi connectivity index (χ4n) is 3.38. The minimum atomic E-state index is -3.53. The zero-order chi connectivity index (χ0) is 19.6. The van der Waals surface area contributed by atoms with Crippen LogP contribution in [-0.4, -0.2) is 41.5 Å². The van der Waals surface area contributed by atoms with Gasteiger partial charge in [0.05, 0.1) is 10.6 Å². The van der Waals surface area contributed by atoms with Gasteiger partial charge >= 0.3 is 0 Å². The molecule has 27 heavy (non-hydrogen) atoms. The van der Waals surface area contributed by atoms with Crippen LogP contribution >= 0.6 is 0 Å². The first-order valence-corrected chi connectivity index (χ1v) is 10.7. The van der Waals surface area contributed by atoms with Gasteiger partial charge in [0.1, 0.15) is 6.04 Å². The zero-order valence-corrected chi connectivity index (χ0v) is 16.8. The summed E-state index contributed by atoms with van der Waals surface area (Å²) >= 11 is 0. The molecule has 146 valence electrons. The van der Waals surface area contributed by atoms with Gasteiger partial charge in [-0.2, -0.15) is 9.40 Å². The molecule has 8 heteroatoms. The van der Waals surface area contributed by atoms with Gasteiger partial charge in [-0.15, -0.1) is 0 Å². The van der Waals surface area contributed by atoms with Crippen molar-refractivity contribution in [3.05, 3.63) is 41.7 Å². The molecule has 1 atom stereocenters. The molecule has 2 heterocycles. The maximum Gasteiger partial charge on any atom is 0.248 e. The summed E-state index contributed by atoms with van der Waals surface area (Å²) in [6.07, 6.45) is 2.83. The third-order valence-corrected chi connectivity index (χ3v) is 6.74. The van der Waals surface area contributed by atoms with Crippen LogP contribution in [0.5, 0.6) is 0 Å². The zero-order valence-electron chi connectivity index (χ0n) is 16.0. The van der Waals surface area contributed by atoms with Crippen molar-refractivity contribution < 1.29 is 13.2 Å². The molecule has 0 radical (unpaired) electrons. The summed E-state index contributed by atoms with van der Waals surface area (Å²) in [5.74, 6) is -0.242. The summed E-state index contributed by atoms with van der Waals surface area (Å²) in [5.41, 5.74) is 2.21. The number of anilines is 1. The third-order valence-electron chi connectivity index (χ3n) is 4.85. The average molecular weight is 391 g/mol. The Morgan fingerprint density at radius 2 is 1.85 bits per heavy atom. The predicted molar refractivity (Wildman–Crippen MR) is 104 cm³/mol. The lowest BCUT2D eigenvalue weighted by molar-refractivity contribution is -0.119. The lowest BCUT2D eigenvalue weighted by atomic mass is 10.2. The number of sulfonamides is 1. The van der Waals surface area contributed by atoms with E-state index in [1.165, 1.54) is 10.4 Å². The standard InChI is InChI=1S/C19H26N4O3S/c1-14-12-15(2)23(21-14)16(3)19(24)20-17-8-7-9-18(13-17)27(25,26)22-10-5-4-6-11-22/h7-9,12-13,16H,4-6,10-11H2,1-3H3,(H,20,24)/t16-/m1/s1. The van der Waals surface area contributed by atoms with E-state index in [2.05, 4.69) is 10.4 Å². The molecule has 0 saturated carbocycles. The summed E-state index contributed by atoms with van der Waals surface area (Å²) in [4.78, 5) is 12.8. The van der Waals surface area contributed by atoms with Crippen molar-refractivity contribution >= 4 is 21.6 Å². The molecular weight excluding hydrogens is 364 g/mol. The Labute approximate surface area is 160 Å². The van der Waals surface area contributed by atoms with Gasteiger partial charge in [0.15, 0.2) is 0 Å². The number of nitrogens with zero attached hydrogens (tertiary/aromatic N) is 3. The molecule has 0 spiro atoms. The van der Waals surface area contributed by atoms with Gasteiger partial charge in [-0.05, 0) is 57.9 Å². The van der Waals surface area contributed by atoms with Crippen molar-refractivity contribution in [3.8, 4) is 0 Å². The minimum absolute atomic E-state index is 0.209. The van der Waals surface area contributed by atoms with Crippen LogP contribution in [0, 0.1) is 13.8 Å². The Bertz CT molecular complexity index is 930. The quantitative estimate of drug-likeness (QED) is 0.851. The number of benzene rings is 1. The minimum Gasteiger partial charge on any atom is -0.324 e. The Kier molecular flexibility index (Phi) is 5.67. The fourth-order valence-corrected chi connectivity index (χ4v) is 4.95. The summed E-state index contributed by atoms with van der Waals surface area (Å²) in [5, 5.41) is 7.15. The molecule has 1 aliphatic rings. The van der Waals surface area contributed by atoms with Crippen molar-refractivity contribution in [1.82, 2.24) is 14.1 Å². The highest BCUT2D eigenvalue weighted by Gasteiger charge is 2.26. The van der Waals surface area contributed by atoms with Gasteiger partial charge < -0.3 is 5.32 Å². The Morgan fingerprint density at radius 3 is 2.48 bits per heavy atom.